The first-order valence-electron chi connectivity index (χ1n) is 7.49. The monoisotopic (exact) mass is 250 g/mol. The molecular weight excluding hydrogens is 220 g/mol. The maximum Gasteiger partial charge on any atom is 0.0951 e. The molecule has 0 atom stereocenters. The Bertz CT molecular complexity index is 361. The summed E-state index contributed by atoms with van der Waals surface area (Å²) < 4.78 is 2.38. The number of aromatic nitrogens is 2. The number of nitrogens with zero attached hydrogens (tertiary/aromatic N) is 2. The molecule has 0 bridgehead atoms. The molecule has 2 heteroatoms. The van der Waals surface area contributed by atoms with Crippen LogP contribution in [0.3, 0.4) is 0 Å². The molecule has 0 fully saturated rings. The van der Waals surface area contributed by atoms with Crippen molar-refractivity contribution in [3.8, 4) is 0 Å². The van der Waals surface area contributed by atoms with Crippen LogP contribution in [0.15, 0.2) is 6.33 Å². The Hall–Kier alpha value is -0.790. The summed E-state index contributed by atoms with van der Waals surface area (Å²) in [7, 11) is 0. The predicted octanol–water partition coefficient (Wildman–Crippen LogP) is 4.88. The maximum absolute atomic E-state index is 4.74. The molecule has 0 aliphatic rings. The Morgan fingerprint density at radius 3 is 2.39 bits per heavy atom. The quantitative estimate of drug-likeness (QED) is 0.674. The molecule has 0 saturated heterocycles. The van der Waals surface area contributed by atoms with Crippen LogP contribution in [0, 0.1) is 0 Å². The van der Waals surface area contributed by atoms with Gasteiger partial charge in [0.05, 0.1) is 12.0 Å². The van der Waals surface area contributed by atoms with E-state index >= 15 is 0 Å². The molecule has 1 aromatic rings. The molecule has 0 unspecified atom stereocenters. The topological polar surface area (TPSA) is 17.8 Å². The Morgan fingerprint density at radius 1 is 1.22 bits per heavy atom. The van der Waals surface area contributed by atoms with Gasteiger partial charge in [-0.1, -0.05) is 54.4 Å². The molecule has 0 radical (unpaired) electrons. The minimum atomic E-state index is 0.200. The largest absolute Gasteiger partial charge is 0.334 e. The first kappa shape index (κ1) is 15.3. The third-order valence-electron chi connectivity index (χ3n) is 3.69. The normalized spacial score (nSPS) is 12.4. The minimum Gasteiger partial charge on any atom is -0.334 e. The Balaban J connectivity index is 3.08. The van der Waals surface area contributed by atoms with Gasteiger partial charge in [-0.3, -0.25) is 0 Å². The molecule has 0 aromatic carbocycles. The van der Waals surface area contributed by atoms with Crippen LogP contribution in [0.1, 0.15) is 84.5 Å². The van der Waals surface area contributed by atoms with Crippen LogP contribution in [0.2, 0.25) is 0 Å². The third kappa shape index (κ3) is 3.37. The molecule has 0 saturated carbocycles. The van der Waals surface area contributed by atoms with Gasteiger partial charge in [-0.25, -0.2) is 4.98 Å². The summed E-state index contributed by atoms with van der Waals surface area (Å²) in [5.41, 5.74) is 2.96. The highest BCUT2D eigenvalue weighted by Crippen LogP contribution is 2.33. The second-order valence-corrected chi connectivity index (χ2v) is 6.31. The van der Waals surface area contributed by atoms with Crippen LogP contribution in [0.25, 0.3) is 0 Å². The molecule has 0 aliphatic carbocycles. The van der Waals surface area contributed by atoms with Gasteiger partial charge in [0.15, 0.2) is 0 Å². The Kier molecular flexibility index (Phi) is 5.43. The fourth-order valence-electron chi connectivity index (χ4n) is 2.77. The first-order chi connectivity index (χ1) is 8.44. The second kappa shape index (κ2) is 6.40. The molecule has 104 valence electrons. The Labute approximate surface area is 113 Å². The predicted molar refractivity (Wildman–Crippen MR) is 79.2 cm³/mol. The van der Waals surface area contributed by atoms with Crippen molar-refractivity contribution in [3.63, 3.8) is 0 Å². The number of hydrogen-bond acceptors (Lipinski definition) is 1. The summed E-state index contributed by atoms with van der Waals surface area (Å²) in [6, 6.07) is 0. The standard InChI is InChI=1S/C16H30N2/c1-7-9-11-18-12-17-15(14(18)13(3)4)16(5,6)10-8-2/h12-13H,7-11H2,1-6H3. The van der Waals surface area contributed by atoms with Crippen LogP contribution in [0.5, 0.6) is 0 Å². The number of hydrogen-bond donors (Lipinski definition) is 0. The summed E-state index contributed by atoms with van der Waals surface area (Å²) in [4.78, 5) is 4.74. The van der Waals surface area contributed by atoms with Gasteiger partial charge in [-0.2, -0.15) is 0 Å². The minimum absolute atomic E-state index is 0.200. The summed E-state index contributed by atoms with van der Waals surface area (Å²) in [5, 5.41) is 0. The second-order valence-electron chi connectivity index (χ2n) is 6.31. The zero-order valence-corrected chi connectivity index (χ0v) is 13.1. The van der Waals surface area contributed by atoms with Crippen molar-refractivity contribution >= 4 is 0 Å². The van der Waals surface area contributed by atoms with Crippen molar-refractivity contribution in [1.29, 1.82) is 0 Å². The molecule has 1 aromatic heterocycles. The lowest BCUT2D eigenvalue weighted by Crippen LogP contribution is -2.21. The van der Waals surface area contributed by atoms with Gasteiger partial charge in [-0.05, 0) is 18.8 Å². The summed E-state index contributed by atoms with van der Waals surface area (Å²) in [5.74, 6) is 0.551. The summed E-state index contributed by atoms with van der Waals surface area (Å²) in [6.07, 6.45) is 6.95. The van der Waals surface area contributed by atoms with Gasteiger partial charge in [0.1, 0.15) is 0 Å². The van der Waals surface area contributed by atoms with Gasteiger partial charge < -0.3 is 4.57 Å². The average Bonchev–Trinajstić information content (AvgIpc) is 2.70. The molecule has 0 N–H and O–H groups in total. The van der Waals surface area contributed by atoms with E-state index in [1.165, 1.54) is 37.1 Å². The molecule has 0 spiro atoms. The van der Waals surface area contributed by atoms with Crippen molar-refractivity contribution in [2.24, 2.45) is 0 Å². The average molecular weight is 250 g/mol. The van der Waals surface area contributed by atoms with E-state index in [0.717, 1.165) is 6.54 Å². The number of unbranched alkanes of at least 4 members (excludes halogenated alkanes) is 1. The van der Waals surface area contributed by atoms with E-state index in [9.17, 15) is 0 Å². The van der Waals surface area contributed by atoms with Crippen LogP contribution >= 0.6 is 0 Å². The number of aryl methyl sites for hydroxylation is 1. The van der Waals surface area contributed by atoms with E-state index in [4.69, 9.17) is 4.98 Å². The lowest BCUT2D eigenvalue weighted by Gasteiger charge is -2.25. The van der Waals surface area contributed by atoms with Crippen LogP contribution in [-0.2, 0) is 12.0 Å². The van der Waals surface area contributed by atoms with Gasteiger partial charge in [0.25, 0.3) is 0 Å². The molecule has 0 amide bonds. The molecule has 1 heterocycles. The van der Waals surface area contributed by atoms with Gasteiger partial charge in [0.2, 0.25) is 0 Å². The van der Waals surface area contributed by atoms with Gasteiger partial charge in [0, 0.05) is 17.7 Å². The SMILES string of the molecule is CCCCn1cnc(C(C)(C)CCC)c1C(C)C. The highest BCUT2D eigenvalue weighted by Gasteiger charge is 2.27. The van der Waals surface area contributed by atoms with E-state index in [2.05, 4.69) is 52.4 Å². The van der Waals surface area contributed by atoms with Crippen LogP contribution in [-0.4, -0.2) is 9.55 Å². The zero-order valence-electron chi connectivity index (χ0n) is 13.1. The van der Waals surface area contributed by atoms with E-state index in [-0.39, 0.29) is 5.41 Å². The molecule has 0 aliphatic heterocycles. The van der Waals surface area contributed by atoms with E-state index in [0.29, 0.717) is 5.92 Å². The Morgan fingerprint density at radius 2 is 1.89 bits per heavy atom. The van der Waals surface area contributed by atoms with Crippen LogP contribution in [0.4, 0.5) is 0 Å². The van der Waals surface area contributed by atoms with Crippen molar-refractivity contribution in [3.05, 3.63) is 17.7 Å². The number of rotatable bonds is 7. The fourth-order valence-corrected chi connectivity index (χ4v) is 2.77. The highest BCUT2D eigenvalue weighted by molar-refractivity contribution is 5.24. The van der Waals surface area contributed by atoms with Gasteiger partial charge >= 0.3 is 0 Å². The first-order valence-corrected chi connectivity index (χ1v) is 7.49. The van der Waals surface area contributed by atoms with E-state index < -0.39 is 0 Å². The summed E-state index contributed by atoms with van der Waals surface area (Å²) in [6.45, 7) is 14.8. The van der Waals surface area contributed by atoms with Crippen molar-refractivity contribution in [2.75, 3.05) is 0 Å². The lowest BCUT2D eigenvalue weighted by atomic mass is 9.82. The molecule has 2 nitrogen and oxygen atoms in total. The van der Waals surface area contributed by atoms with E-state index in [1.807, 2.05) is 0 Å². The van der Waals surface area contributed by atoms with Crippen molar-refractivity contribution in [2.45, 2.75) is 85.1 Å². The maximum atomic E-state index is 4.74. The summed E-state index contributed by atoms with van der Waals surface area (Å²) >= 11 is 0. The molecular formula is C16H30N2. The smallest absolute Gasteiger partial charge is 0.0951 e. The van der Waals surface area contributed by atoms with Crippen molar-refractivity contribution < 1.29 is 0 Å². The van der Waals surface area contributed by atoms with Crippen LogP contribution < -0.4 is 0 Å². The molecule has 1 rings (SSSR count). The highest BCUT2D eigenvalue weighted by atomic mass is 15.1. The van der Waals surface area contributed by atoms with Crippen molar-refractivity contribution in [1.82, 2.24) is 9.55 Å². The van der Waals surface area contributed by atoms with Gasteiger partial charge in [-0.15, -0.1) is 0 Å². The fraction of sp³-hybridized carbons (Fsp3) is 0.812. The van der Waals surface area contributed by atoms with E-state index in [1.54, 1.807) is 0 Å². The number of imidazole rings is 1. The third-order valence-corrected chi connectivity index (χ3v) is 3.69. The lowest BCUT2D eigenvalue weighted by molar-refractivity contribution is 0.451. The molecule has 18 heavy (non-hydrogen) atoms. The zero-order chi connectivity index (χ0) is 13.8.